The highest BCUT2D eigenvalue weighted by molar-refractivity contribution is 5.93. The van der Waals surface area contributed by atoms with Gasteiger partial charge in [0.2, 0.25) is 5.91 Å². The summed E-state index contributed by atoms with van der Waals surface area (Å²) in [5.74, 6) is 1.22. The molecule has 0 aliphatic rings. The normalized spacial score (nSPS) is 11.9. The first-order chi connectivity index (χ1) is 16.0. The van der Waals surface area contributed by atoms with Crippen molar-refractivity contribution in [3.05, 3.63) is 96.6 Å². The Kier molecular flexibility index (Phi) is 6.80. The van der Waals surface area contributed by atoms with Crippen LogP contribution < -0.4 is 10.1 Å². The second-order valence-electron chi connectivity index (χ2n) is 7.98. The van der Waals surface area contributed by atoms with E-state index in [2.05, 4.69) is 22.3 Å². The van der Waals surface area contributed by atoms with Crippen molar-refractivity contribution in [1.29, 1.82) is 0 Å². The summed E-state index contributed by atoms with van der Waals surface area (Å²) in [6.07, 6.45) is 3.17. The molecule has 7 nitrogen and oxygen atoms in total. The minimum absolute atomic E-state index is 0.0552. The summed E-state index contributed by atoms with van der Waals surface area (Å²) in [4.78, 5) is 18.8. The largest absolute Gasteiger partial charge is 0.455 e. The molecule has 0 radical (unpaired) electrons. The van der Waals surface area contributed by atoms with Crippen LogP contribution in [0.4, 0.5) is 5.69 Å². The minimum Gasteiger partial charge on any atom is -0.455 e. The number of carbonyl (C=O) groups is 1. The molecule has 33 heavy (non-hydrogen) atoms. The van der Waals surface area contributed by atoms with Gasteiger partial charge in [-0.2, -0.15) is 5.10 Å². The third-order valence-electron chi connectivity index (χ3n) is 5.52. The van der Waals surface area contributed by atoms with E-state index in [9.17, 15) is 4.79 Å². The molecule has 1 amide bonds. The topological polar surface area (TPSA) is 72.3 Å². The van der Waals surface area contributed by atoms with Crippen LogP contribution in [0.5, 0.6) is 11.5 Å². The highest BCUT2D eigenvalue weighted by Gasteiger charge is 2.16. The van der Waals surface area contributed by atoms with Gasteiger partial charge in [-0.3, -0.25) is 9.69 Å². The molecule has 1 N–H and O–H groups in total. The summed E-state index contributed by atoms with van der Waals surface area (Å²) in [6.45, 7) is 4.35. The second-order valence-corrected chi connectivity index (χ2v) is 7.98. The zero-order valence-corrected chi connectivity index (χ0v) is 19.0. The molecule has 0 aliphatic heterocycles. The smallest absolute Gasteiger partial charge is 0.238 e. The molecule has 3 aromatic carbocycles. The van der Waals surface area contributed by atoms with Crippen LogP contribution in [0.2, 0.25) is 0 Å². The molecule has 0 saturated heterocycles. The fourth-order valence-corrected chi connectivity index (χ4v) is 3.45. The van der Waals surface area contributed by atoms with Crippen molar-refractivity contribution in [2.75, 3.05) is 18.9 Å². The summed E-state index contributed by atoms with van der Waals surface area (Å²) in [5.41, 5.74) is 3.85. The predicted octanol–water partition coefficient (Wildman–Crippen LogP) is 5.00. The van der Waals surface area contributed by atoms with E-state index in [4.69, 9.17) is 4.74 Å². The Morgan fingerprint density at radius 2 is 1.79 bits per heavy atom. The van der Waals surface area contributed by atoms with Crippen molar-refractivity contribution in [2.45, 2.75) is 19.9 Å². The van der Waals surface area contributed by atoms with Crippen molar-refractivity contribution in [3.63, 3.8) is 0 Å². The van der Waals surface area contributed by atoms with Gasteiger partial charge in [0.05, 0.1) is 17.9 Å². The lowest BCUT2D eigenvalue weighted by Gasteiger charge is -2.25. The fraction of sp³-hybridized carbons (Fsp3) is 0.192. The van der Waals surface area contributed by atoms with E-state index in [0.29, 0.717) is 11.4 Å². The Morgan fingerprint density at radius 1 is 1.06 bits per heavy atom. The van der Waals surface area contributed by atoms with Gasteiger partial charge in [-0.15, -0.1) is 0 Å². The van der Waals surface area contributed by atoms with Gasteiger partial charge >= 0.3 is 0 Å². The van der Waals surface area contributed by atoms with E-state index >= 15 is 0 Å². The third kappa shape index (κ3) is 5.64. The molecule has 0 fully saturated rings. The zero-order chi connectivity index (χ0) is 23.2. The Balaban J connectivity index is 1.38. The summed E-state index contributed by atoms with van der Waals surface area (Å²) in [7, 11) is 1.93. The number of likely N-dealkylation sites (N-methyl/N-ethyl adjacent to an activating group) is 1. The summed E-state index contributed by atoms with van der Waals surface area (Å²) in [6, 6.07) is 23.4. The highest BCUT2D eigenvalue weighted by atomic mass is 16.5. The number of hydrogen-bond donors (Lipinski definition) is 1. The van der Waals surface area contributed by atoms with E-state index in [1.54, 1.807) is 11.0 Å². The summed E-state index contributed by atoms with van der Waals surface area (Å²) in [5, 5.41) is 7.13. The number of rotatable bonds is 8. The van der Waals surface area contributed by atoms with Crippen LogP contribution in [0.25, 0.3) is 5.69 Å². The van der Waals surface area contributed by atoms with Crippen molar-refractivity contribution >= 4 is 11.6 Å². The summed E-state index contributed by atoms with van der Waals surface area (Å²) < 4.78 is 7.70. The molecule has 1 unspecified atom stereocenters. The fourth-order valence-electron chi connectivity index (χ4n) is 3.45. The number of ether oxygens (including phenoxy) is 1. The first-order valence-corrected chi connectivity index (χ1v) is 10.8. The molecule has 0 saturated carbocycles. The number of anilines is 1. The first-order valence-electron chi connectivity index (χ1n) is 10.8. The number of benzene rings is 3. The lowest BCUT2D eigenvalue weighted by atomic mass is 10.1. The molecule has 1 aromatic heterocycles. The van der Waals surface area contributed by atoms with Crippen LogP contribution in [0, 0.1) is 6.92 Å². The van der Waals surface area contributed by atoms with Gasteiger partial charge < -0.3 is 10.1 Å². The van der Waals surface area contributed by atoms with Gasteiger partial charge in [0.25, 0.3) is 0 Å². The van der Waals surface area contributed by atoms with Crippen LogP contribution in [0.15, 0.2) is 85.5 Å². The quantitative estimate of drug-likeness (QED) is 0.417. The molecule has 4 aromatic rings. The highest BCUT2D eigenvalue weighted by Crippen LogP contribution is 2.29. The minimum atomic E-state index is -0.108. The number of para-hydroxylation sites is 2. The maximum absolute atomic E-state index is 12.8. The van der Waals surface area contributed by atoms with E-state index < -0.39 is 0 Å². The molecule has 0 spiro atoms. The van der Waals surface area contributed by atoms with Gasteiger partial charge in [-0.25, -0.2) is 9.67 Å². The molecule has 0 bridgehead atoms. The van der Waals surface area contributed by atoms with Crippen molar-refractivity contribution in [2.24, 2.45) is 0 Å². The number of hydrogen-bond acceptors (Lipinski definition) is 5. The van der Waals surface area contributed by atoms with Crippen LogP contribution in [-0.4, -0.2) is 39.2 Å². The molecule has 1 atom stereocenters. The van der Waals surface area contributed by atoms with Crippen LogP contribution in [-0.2, 0) is 4.79 Å². The van der Waals surface area contributed by atoms with Gasteiger partial charge in [0, 0.05) is 6.04 Å². The van der Waals surface area contributed by atoms with Gasteiger partial charge in [-0.05, 0) is 62.9 Å². The first kappa shape index (κ1) is 22.2. The lowest BCUT2D eigenvalue weighted by Crippen LogP contribution is -2.32. The van der Waals surface area contributed by atoms with Crippen molar-refractivity contribution in [1.82, 2.24) is 19.7 Å². The number of aromatic nitrogens is 3. The number of nitrogens with one attached hydrogen (secondary N) is 1. The lowest BCUT2D eigenvalue weighted by molar-refractivity contribution is -0.117. The number of carbonyl (C=O) groups excluding carboxylic acids is 1. The zero-order valence-electron chi connectivity index (χ0n) is 19.0. The van der Waals surface area contributed by atoms with Crippen LogP contribution in [0.1, 0.15) is 24.1 Å². The Bertz CT molecular complexity index is 1190. The molecule has 1 heterocycles. The molecular weight excluding hydrogens is 414 g/mol. The molecule has 7 heteroatoms. The van der Waals surface area contributed by atoms with E-state index in [0.717, 1.165) is 22.6 Å². The number of amides is 1. The van der Waals surface area contributed by atoms with Crippen molar-refractivity contribution < 1.29 is 9.53 Å². The maximum Gasteiger partial charge on any atom is 0.238 e. The van der Waals surface area contributed by atoms with Crippen LogP contribution in [0.3, 0.4) is 0 Å². The SMILES string of the molecule is Cc1ccc(Oc2ccccc2NC(=O)CN(C)C(C)c2ccc(-n3cncn3)cc2)cc1. The van der Waals surface area contributed by atoms with Crippen LogP contribution >= 0.6 is 0 Å². The van der Waals surface area contributed by atoms with Gasteiger partial charge in [0.1, 0.15) is 18.4 Å². The van der Waals surface area contributed by atoms with E-state index in [-0.39, 0.29) is 18.5 Å². The standard InChI is InChI=1S/C26H27N5O2/c1-19-8-14-23(15-9-19)33-25-7-5-4-6-24(25)29-26(32)16-30(3)20(2)21-10-12-22(13-11-21)31-18-27-17-28-31/h4-15,17-18,20H,16H2,1-3H3,(H,29,32). The average molecular weight is 442 g/mol. The Labute approximate surface area is 193 Å². The summed E-state index contributed by atoms with van der Waals surface area (Å²) >= 11 is 0. The Hall–Kier alpha value is -3.97. The second kappa shape index (κ2) is 10.1. The van der Waals surface area contributed by atoms with Gasteiger partial charge in [-0.1, -0.05) is 42.0 Å². The Morgan fingerprint density at radius 3 is 2.48 bits per heavy atom. The number of nitrogens with zero attached hydrogens (tertiary/aromatic N) is 4. The van der Waals surface area contributed by atoms with E-state index in [1.165, 1.54) is 6.33 Å². The van der Waals surface area contributed by atoms with Gasteiger partial charge in [0.15, 0.2) is 5.75 Å². The van der Waals surface area contributed by atoms with E-state index in [1.807, 2.05) is 91.7 Å². The molecule has 0 aliphatic carbocycles. The third-order valence-corrected chi connectivity index (χ3v) is 5.52. The number of aryl methyl sites for hydroxylation is 1. The maximum atomic E-state index is 12.8. The molecule has 4 rings (SSSR count). The molecular formula is C26H27N5O2. The van der Waals surface area contributed by atoms with Crippen molar-refractivity contribution in [3.8, 4) is 17.2 Å². The molecule has 168 valence electrons. The monoisotopic (exact) mass is 441 g/mol. The predicted molar refractivity (Wildman–Crippen MR) is 129 cm³/mol. The average Bonchev–Trinajstić information content (AvgIpc) is 3.36.